The smallest absolute Gasteiger partial charge is 0.263 e. The molecule has 0 radical (unpaired) electrons. The summed E-state index contributed by atoms with van der Waals surface area (Å²) >= 11 is 1.43. The Morgan fingerprint density at radius 2 is 1.91 bits per heavy atom. The fraction of sp³-hybridized carbons (Fsp3) is 0.444. The number of aryl methyl sites for hydroxylation is 1. The van der Waals surface area contributed by atoms with Gasteiger partial charge in [0.2, 0.25) is 0 Å². The minimum Gasteiger partial charge on any atom is -0.494 e. The second-order valence-electron chi connectivity index (χ2n) is 6.08. The van der Waals surface area contributed by atoms with Crippen molar-refractivity contribution in [2.24, 2.45) is 0 Å². The van der Waals surface area contributed by atoms with Crippen LogP contribution in [0.15, 0.2) is 24.3 Å². The van der Waals surface area contributed by atoms with Crippen molar-refractivity contribution in [3.63, 3.8) is 0 Å². The third-order valence-electron chi connectivity index (χ3n) is 3.75. The van der Waals surface area contributed by atoms with E-state index in [4.69, 9.17) is 4.74 Å². The number of hydrogen-bond acceptors (Lipinski definition) is 4. The molecule has 23 heavy (non-hydrogen) atoms. The van der Waals surface area contributed by atoms with Crippen LogP contribution in [0.4, 0.5) is 0 Å². The maximum Gasteiger partial charge on any atom is 0.263 e. The summed E-state index contributed by atoms with van der Waals surface area (Å²) in [7, 11) is 0. The number of carbonyl (C=O) groups is 1. The van der Waals surface area contributed by atoms with E-state index < -0.39 is 0 Å². The predicted molar refractivity (Wildman–Crippen MR) is 95.3 cm³/mol. The molecule has 124 valence electrons. The molecule has 0 aliphatic heterocycles. The second kappa shape index (κ2) is 7.13. The van der Waals surface area contributed by atoms with E-state index in [1.165, 1.54) is 11.3 Å². The highest BCUT2D eigenvalue weighted by atomic mass is 32.1. The van der Waals surface area contributed by atoms with Crippen molar-refractivity contribution < 1.29 is 9.53 Å². The zero-order valence-corrected chi connectivity index (χ0v) is 15.2. The number of benzene rings is 1. The molecule has 0 bridgehead atoms. The van der Waals surface area contributed by atoms with Gasteiger partial charge in [0.25, 0.3) is 5.91 Å². The molecule has 1 amide bonds. The van der Waals surface area contributed by atoms with Gasteiger partial charge in [-0.05, 0) is 58.4 Å². The monoisotopic (exact) mass is 332 g/mol. The van der Waals surface area contributed by atoms with E-state index in [1.54, 1.807) is 0 Å². The van der Waals surface area contributed by atoms with Crippen molar-refractivity contribution in [3.8, 4) is 16.3 Å². The molecule has 0 unspecified atom stereocenters. The molecule has 0 fully saturated rings. The van der Waals surface area contributed by atoms with Crippen LogP contribution in [0.3, 0.4) is 0 Å². The minimum absolute atomic E-state index is 0.0518. The molecule has 0 aliphatic carbocycles. The Bertz CT molecular complexity index is 675. The summed E-state index contributed by atoms with van der Waals surface area (Å²) < 4.78 is 5.45. The van der Waals surface area contributed by atoms with Crippen LogP contribution in [0.5, 0.6) is 5.75 Å². The summed E-state index contributed by atoms with van der Waals surface area (Å²) in [6, 6.07) is 7.80. The first kappa shape index (κ1) is 17.5. The summed E-state index contributed by atoms with van der Waals surface area (Å²) in [5, 5.41) is 3.92. The van der Waals surface area contributed by atoms with Crippen molar-refractivity contribution in [1.82, 2.24) is 10.3 Å². The van der Waals surface area contributed by atoms with Gasteiger partial charge in [0.1, 0.15) is 15.6 Å². The maximum atomic E-state index is 12.5. The molecule has 1 heterocycles. The first-order valence-electron chi connectivity index (χ1n) is 7.89. The topological polar surface area (TPSA) is 51.2 Å². The zero-order chi connectivity index (χ0) is 17.0. The molecular weight excluding hydrogens is 308 g/mol. The standard InChI is InChI=1S/C18H24N2O2S/c1-6-18(4,5)20-16(21)15-12(3)19-17(23-15)13-8-10-14(11-9-13)22-7-2/h8-11H,6-7H2,1-5H3,(H,20,21). The lowest BCUT2D eigenvalue weighted by molar-refractivity contribution is 0.0914. The zero-order valence-electron chi connectivity index (χ0n) is 14.4. The Morgan fingerprint density at radius 3 is 2.48 bits per heavy atom. The van der Waals surface area contributed by atoms with Gasteiger partial charge in [-0.1, -0.05) is 6.92 Å². The lowest BCUT2D eigenvalue weighted by Gasteiger charge is -2.24. The van der Waals surface area contributed by atoms with Gasteiger partial charge in [0.15, 0.2) is 0 Å². The van der Waals surface area contributed by atoms with E-state index in [0.717, 1.165) is 28.4 Å². The van der Waals surface area contributed by atoms with Gasteiger partial charge in [-0.3, -0.25) is 4.79 Å². The number of thiazole rings is 1. The summed E-state index contributed by atoms with van der Waals surface area (Å²) in [4.78, 5) is 17.7. The third-order valence-corrected chi connectivity index (χ3v) is 4.96. The van der Waals surface area contributed by atoms with Crippen LogP contribution in [0.2, 0.25) is 0 Å². The molecule has 1 N–H and O–H groups in total. The number of aromatic nitrogens is 1. The van der Waals surface area contributed by atoms with Gasteiger partial charge >= 0.3 is 0 Å². The fourth-order valence-corrected chi connectivity index (χ4v) is 3.01. The summed E-state index contributed by atoms with van der Waals surface area (Å²) in [6.45, 7) is 10.6. The third kappa shape index (κ3) is 4.32. The molecule has 0 spiro atoms. The van der Waals surface area contributed by atoms with E-state index >= 15 is 0 Å². The largest absolute Gasteiger partial charge is 0.494 e. The molecule has 0 aliphatic rings. The molecule has 1 aromatic heterocycles. The molecule has 2 aromatic rings. The molecule has 1 aromatic carbocycles. The van der Waals surface area contributed by atoms with Gasteiger partial charge in [-0.25, -0.2) is 4.98 Å². The molecule has 0 saturated heterocycles. The van der Waals surface area contributed by atoms with Crippen LogP contribution >= 0.6 is 11.3 Å². The Kier molecular flexibility index (Phi) is 5.42. The van der Waals surface area contributed by atoms with Crippen LogP contribution in [0.25, 0.3) is 10.6 Å². The van der Waals surface area contributed by atoms with Gasteiger partial charge in [0, 0.05) is 11.1 Å². The second-order valence-corrected chi connectivity index (χ2v) is 7.08. The number of ether oxygens (including phenoxy) is 1. The van der Waals surface area contributed by atoms with Gasteiger partial charge in [0.05, 0.1) is 12.3 Å². The van der Waals surface area contributed by atoms with E-state index in [-0.39, 0.29) is 11.4 Å². The summed E-state index contributed by atoms with van der Waals surface area (Å²) in [5.74, 6) is 0.788. The van der Waals surface area contributed by atoms with Crippen molar-refractivity contribution in [3.05, 3.63) is 34.8 Å². The Morgan fingerprint density at radius 1 is 1.26 bits per heavy atom. The van der Waals surface area contributed by atoms with Gasteiger partial charge < -0.3 is 10.1 Å². The number of rotatable bonds is 6. The van der Waals surface area contributed by atoms with E-state index in [9.17, 15) is 4.79 Å². The van der Waals surface area contributed by atoms with Crippen LogP contribution in [-0.2, 0) is 0 Å². The average Bonchev–Trinajstić information content (AvgIpc) is 2.90. The van der Waals surface area contributed by atoms with E-state index in [0.29, 0.717) is 11.5 Å². The van der Waals surface area contributed by atoms with Crippen LogP contribution in [0, 0.1) is 6.92 Å². The average molecular weight is 332 g/mol. The van der Waals surface area contributed by atoms with Crippen molar-refractivity contribution in [1.29, 1.82) is 0 Å². The first-order chi connectivity index (χ1) is 10.9. The lowest BCUT2D eigenvalue weighted by Crippen LogP contribution is -2.42. The molecule has 0 saturated carbocycles. The van der Waals surface area contributed by atoms with Crippen LogP contribution in [0.1, 0.15) is 49.5 Å². The highest BCUT2D eigenvalue weighted by molar-refractivity contribution is 7.17. The van der Waals surface area contributed by atoms with E-state index in [2.05, 4.69) is 17.2 Å². The molecular formula is C18H24N2O2S. The highest BCUT2D eigenvalue weighted by Gasteiger charge is 2.22. The van der Waals surface area contributed by atoms with Gasteiger partial charge in [-0.2, -0.15) is 0 Å². The Balaban J connectivity index is 2.22. The molecule has 2 rings (SSSR count). The normalized spacial score (nSPS) is 11.3. The van der Waals surface area contributed by atoms with Crippen LogP contribution < -0.4 is 10.1 Å². The summed E-state index contributed by atoms with van der Waals surface area (Å²) in [5.41, 5.74) is 1.55. The van der Waals surface area contributed by atoms with Crippen molar-refractivity contribution >= 4 is 17.2 Å². The lowest BCUT2D eigenvalue weighted by atomic mass is 10.0. The quantitative estimate of drug-likeness (QED) is 0.851. The number of carbonyl (C=O) groups excluding carboxylic acids is 1. The van der Waals surface area contributed by atoms with Crippen molar-refractivity contribution in [2.75, 3.05) is 6.61 Å². The minimum atomic E-state index is -0.215. The number of amides is 1. The number of hydrogen-bond donors (Lipinski definition) is 1. The fourth-order valence-electron chi connectivity index (χ4n) is 2.04. The Labute approximate surface area is 141 Å². The maximum absolute atomic E-state index is 12.5. The number of nitrogens with one attached hydrogen (secondary N) is 1. The first-order valence-corrected chi connectivity index (χ1v) is 8.71. The predicted octanol–water partition coefficient (Wildman–Crippen LogP) is 4.44. The van der Waals surface area contributed by atoms with Gasteiger partial charge in [-0.15, -0.1) is 11.3 Å². The molecule has 5 heteroatoms. The van der Waals surface area contributed by atoms with Crippen molar-refractivity contribution in [2.45, 2.75) is 46.6 Å². The van der Waals surface area contributed by atoms with Crippen LogP contribution in [-0.4, -0.2) is 23.0 Å². The summed E-state index contributed by atoms with van der Waals surface area (Å²) in [6.07, 6.45) is 0.877. The SMILES string of the molecule is CCOc1ccc(-c2nc(C)c(C(=O)NC(C)(C)CC)s2)cc1. The highest BCUT2D eigenvalue weighted by Crippen LogP contribution is 2.29. The number of nitrogens with zero attached hydrogens (tertiary/aromatic N) is 1. The van der Waals surface area contributed by atoms with E-state index in [1.807, 2.05) is 52.0 Å². The molecule has 0 atom stereocenters. The Hall–Kier alpha value is -1.88. The molecule has 4 nitrogen and oxygen atoms in total.